The van der Waals surface area contributed by atoms with Crippen LogP contribution in [-0.4, -0.2) is 29.0 Å². The van der Waals surface area contributed by atoms with Crippen LogP contribution in [0.4, 0.5) is 5.82 Å². The zero-order valence-corrected chi connectivity index (χ0v) is 15.2. The van der Waals surface area contributed by atoms with Gasteiger partial charge in [-0.05, 0) is 44.4 Å². The first-order valence-electron chi connectivity index (χ1n) is 9.69. The Hall–Kier alpha value is -2.43. The smallest absolute Gasteiger partial charge is 0.217 e. The Morgan fingerprint density at radius 1 is 1.15 bits per heavy atom. The van der Waals surface area contributed by atoms with E-state index in [9.17, 15) is 4.79 Å². The summed E-state index contributed by atoms with van der Waals surface area (Å²) in [7, 11) is 0. The fourth-order valence-electron chi connectivity index (χ4n) is 4.23. The molecule has 1 atom stereocenters. The van der Waals surface area contributed by atoms with Gasteiger partial charge < -0.3 is 10.6 Å². The monoisotopic (exact) mass is 350 g/mol. The zero-order valence-electron chi connectivity index (χ0n) is 15.2. The van der Waals surface area contributed by atoms with Crippen molar-refractivity contribution in [2.24, 2.45) is 11.7 Å². The van der Waals surface area contributed by atoms with E-state index in [1.807, 2.05) is 18.2 Å². The highest BCUT2D eigenvalue weighted by molar-refractivity contribution is 5.73. The summed E-state index contributed by atoms with van der Waals surface area (Å²) in [6, 6.07) is 10.2. The number of fused-ring (bicyclic) bond motifs is 1. The minimum Gasteiger partial charge on any atom is -0.370 e. The minimum atomic E-state index is -0.198. The zero-order chi connectivity index (χ0) is 17.9. The lowest BCUT2D eigenvalue weighted by Crippen LogP contribution is -2.37. The third-order valence-electron chi connectivity index (χ3n) is 5.56. The van der Waals surface area contributed by atoms with Crippen molar-refractivity contribution in [1.29, 1.82) is 0 Å². The summed E-state index contributed by atoms with van der Waals surface area (Å²) in [5.74, 6) is 2.27. The number of aryl methyl sites for hydroxylation is 1. The van der Waals surface area contributed by atoms with E-state index in [0.717, 1.165) is 62.4 Å². The summed E-state index contributed by atoms with van der Waals surface area (Å²) in [6.07, 6.45) is 6.95. The molecule has 1 aliphatic heterocycles. The van der Waals surface area contributed by atoms with Crippen LogP contribution in [0.3, 0.4) is 0 Å². The maximum Gasteiger partial charge on any atom is 0.217 e. The summed E-state index contributed by atoms with van der Waals surface area (Å²) < 4.78 is 0. The first-order valence-corrected chi connectivity index (χ1v) is 9.69. The molecule has 2 aliphatic rings. The highest BCUT2D eigenvalue weighted by Gasteiger charge is 2.27. The van der Waals surface area contributed by atoms with E-state index in [4.69, 9.17) is 15.7 Å². The molecular weight excluding hydrogens is 324 g/mol. The third kappa shape index (κ3) is 3.57. The summed E-state index contributed by atoms with van der Waals surface area (Å²) in [6.45, 7) is 2.00. The number of benzene rings is 1. The van der Waals surface area contributed by atoms with Gasteiger partial charge in [-0.3, -0.25) is 4.79 Å². The Bertz CT molecular complexity index is 790. The van der Waals surface area contributed by atoms with E-state index >= 15 is 0 Å². The molecule has 0 spiro atoms. The lowest BCUT2D eigenvalue weighted by molar-refractivity contribution is -0.118. The van der Waals surface area contributed by atoms with Crippen molar-refractivity contribution in [1.82, 2.24) is 9.97 Å². The SMILES string of the molecule is NC(=O)CC[C@@H]1CCCN(c2nc(-c3ccccc3)nc3c2CCC3)C1. The molecule has 0 radical (unpaired) electrons. The number of hydrogen-bond acceptors (Lipinski definition) is 4. The van der Waals surface area contributed by atoms with Gasteiger partial charge in [0.2, 0.25) is 5.91 Å². The van der Waals surface area contributed by atoms with Gasteiger partial charge in [-0.2, -0.15) is 0 Å². The average molecular weight is 350 g/mol. The van der Waals surface area contributed by atoms with E-state index in [2.05, 4.69) is 17.0 Å². The number of primary amides is 1. The van der Waals surface area contributed by atoms with Gasteiger partial charge in [-0.15, -0.1) is 0 Å². The molecule has 2 N–H and O–H groups in total. The second-order valence-electron chi connectivity index (χ2n) is 7.47. The van der Waals surface area contributed by atoms with Crippen LogP contribution < -0.4 is 10.6 Å². The highest BCUT2D eigenvalue weighted by atomic mass is 16.1. The second-order valence-corrected chi connectivity index (χ2v) is 7.47. The molecule has 1 aromatic carbocycles. The van der Waals surface area contributed by atoms with Crippen LogP contribution in [0.15, 0.2) is 30.3 Å². The van der Waals surface area contributed by atoms with Gasteiger partial charge in [-0.1, -0.05) is 30.3 Å². The maximum absolute atomic E-state index is 11.1. The average Bonchev–Trinajstić information content (AvgIpc) is 3.15. The number of aromatic nitrogens is 2. The first-order chi connectivity index (χ1) is 12.7. The van der Waals surface area contributed by atoms with E-state index in [1.165, 1.54) is 17.7 Å². The number of anilines is 1. The van der Waals surface area contributed by atoms with E-state index < -0.39 is 0 Å². The molecule has 2 aromatic rings. The molecule has 0 saturated carbocycles. The maximum atomic E-state index is 11.1. The predicted molar refractivity (Wildman–Crippen MR) is 103 cm³/mol. The largest absolute Gasteiger partial charge is 0.370 e. The van der Waals surface area contributed by atoms with Crippen molar-refractivity contribution >= 4 is 11.7 Å². The molecule has 1 saturated heterocycles. The standard InChI is InChI=1S/C21H26N4O/c22-19(26)12-11-15-6-5-13-25(14-15)21-17-9-4-10-18(17)23-20(24-21)16-7-2-1-3-8-16/h1-3,7-8,15H,4-6,9-14H2,(H2,22,26)/t15-/m0/s1. The normalized spacial score (nSPS) is 19.4. The van der Waals surface area contributed by atoms with Crippen molar-refractivity contribution < 1.29 is 4.79 Å². The molecular formula is C21H26N4O. The first kappa shape index (κ1) is 17.0. The number of amides is 1. The molecule has 2 heterocycles. The van der Waals surface area contributed by atoms with Gasteiger partial charge in [-0.25, -0.2) is 9.97 Å². The molecule has 0 unspecified atom stereocenters. The van der Waals surface area contributed by atoms with Gasteiger partial charge in [0.15, 0.2) is 5.82 Å². The van der Waals surface area contributed by atoms with Gasteiger partial charge >= 0.3 is 0 Å². The number of nitrogens with zero attached hydrogens (tertiary/aromatic N) is 3. The van der Waals surface area contributed by atoms with Crippen LogP contribution in [0.25, 0.3) is 11.4 Å². The highest BCUT2D eigenvalue weighted by Crippen LogP contribution is 2.34. The van der Waals surface area contributed by atoms with Crippen molar-refractivity contribution in [2.45, 2.75) is 44.9 Å². The molecule has 1 aromatic heterocycles. The molecule has 5 heteroatoms. The van der Waals surface area contributed by atoms with Crippen LogP contribution in [-0.2, 0) is 17.6 Å². The van der Waals surface area contributed by atoms with Crippen molar-refractivity contribution in [2.75, 3.05) is 18.0 Å². The lowest BCUT2D eigenvalue weighted by Gasteiger charge is -2.34. The summed E-state index contributed by atoms with van der Waals surface area (Å²) >= 11 is 0. The van der Waals surface area contributed by atoms with Gasteiger partial charge in [0.05, 0.1) is 0 Å². The number of rotatable bonds is 5. The summed E-state index contributed by atoms with van der Waals surface area (Å²) in [4.78, 5) is 23.4. The van der Waals surface area contributed by atoms with E-state index in [0.29, 0.717) is 12.3 Å². The predicted octanol–water partition coefficient (Wildman–Crippen LogP) is 3.11. The summed E-state index contributed by atoms with van der Waals surface area (Å²) in [5.41, 5.74) is 8.96. The molecule has 136 valence electrons. The number of piperidine rings is 1. The molecule has 1 amide bonds. The number of carbonyl (C=O) groups is 1. The Morgan fingerprint density at radius 2 is 2.00 bits per heavy atom. The number of hydrogen-bond donors (Lipinski definition) is 1. The van der Waals surface area contributed by atoms with Crippen LogP contribution in [0, 0.1) is 5.92 Å². The van der Waals surface area contributed by atoms with Crippen LogP contribution in [0.1, 0.15) is 43.4 Å². The molecule has 5 nitrogen and oxygen atoms in total. The van der Waals surface area contributed by atoms with E-state index in [-0.39, 0.29) is 5.91 Å². The van der Waals surface area contributed by atoms with Gasteiger partial charge in [0.25, 0.3) is 0 Å². The van der Waals surface area contributed by atoms with Crippen molar-refractivity contribution in [3.63, 3.8) is 0 Å². The van der Waals surface area contributed by atoms with Crippen molar-refractivity contribution in [3.8, 4) is 11.4 Å². The second kappa shape index (κ2) is 7.44. The fraction of sp³-hybridized carbons (Fsp3) is 0.476. The fourth-order valence-corrected chi connectivity index (χ4v) is 4.23. The Labute approximate surface area is 154 Å². The lowest BCUT2D eigenvalue weighted by atomic mass is 9.93. The van der Waals surface area contributed by atoms with Crippen LogP contribution >= 0.6 is 0 Å². The summed E-state index contributed by atoms with van der Waals surface area (Å²) in [5, 5.41) is 0. The third-order valence-corrected chi connectivity index (χ3v) is 5.56. The molecule has 1 fully saturated rings. The molecule has 1 aliphatic carbocycles. The van der Waals surface area contributed by atoms with E-state index in [1.54, 1.807) is 0 Å². The quantitative estimate of drug-likeness (QED) is 0.899. The molecule has 0 bridgehead atoms. The van der Waals surface area contributed by atoms with Gasteiger partial charge in [0.1, 0.15) is 5.82 Å². The molecule has 26 heavy (non-hydrogen) atoms. The van der Waals surface area contributed by atoms with Gasteiger partial charge in [0, 0.05) is 36.3 Å². The topological polar surface area (TPSA) is 72.1 Å². The number of carbonyl (C=O) groups excluding carboxylic acids is 1. The van der Waals surface area contributed by atoms with Crippen LogP contribution in [0.5, 0.6) is 0 Å². The minimum absolute atomic E-state index is 0.198. The Morgan fingerprint density at radius 3 is 2.81 bits per heavy atom. The van der Waals surface area contributed by atoms with Crippen LogP contribution in [0.2, 0.25) is 0 Å². The molecule has 4 rings (SSSR count). The Kier molecular flexibility index (Phi) is 4.87. The number of nitrogens with two attached hydrogens (primary N) is 1. The van der Waals surface area contributed by atoms with Crippen molar-refractivity contribution in [3.05, 3.63) is 41.6 Å². The Balaban J connectivity index is 1.63.